The number of rotatable bonds is 7. The number of amides is 1. The summed E-state index contributed by atoms with van der Waals surface area (Å²) in [6.45, 7) is 4.29. The summed E-state index contributed by atoms with van der Waals surface area (Å²) in [6, 6.07) is 26.0. The second-order valence-electron chi connectivity index (χ2n) is 9.02. The number of para-hydroxylation sites is 1. The van der Waals surface area contributed by atoms with Gasteiger partial charge >= 0.3 is 0 Å². The summed E-state index contributed by atoms with van der Waals surface area (Å²) in [4.78, 5) is 18.8. The predicted octanol–water partition coefficient (Wildman–Crippen LogP) is 5.25. The molecule has 3 heterocycles. The Morgan fingerprint density at radius 2 is 1.76 bits per heavy atom. The lowest BCUT2D eigenvalue weighted by Gasteiger charge is -2.28. The number of aryl methyl sites for hydroxylation is 1. The van der Waals surface area contributed by atoms with Crippen LogP contribution in [0.2, 0.25) is 0 Å². The number of ether oxygens (including phenoxy) is 1. The molecule has 1 fully saturated rings. The first-order valence-corrected chi connectivity index (χ1v) is 12.5. The third kappa shape index (κ3) is 4.85. The Balaban J connectivity index is 1.57. The van der Waals surface area contributed by atoms with E-state index < -0.39 is 0 Å². The Morgan fingerprint density at radius 1 is 1.03 bits per heavy atom. The molecule has 0 aliphatic carbocycles. The van der Waals surface area contributed by atoms with Crippen molar-refractivity contribution < 1.29 is 9.53 Å². The van der Waals surface area contributed by atoms with Crippen molar-refractivity contribution in [3.8, 4) is 5.69 Å². The molecular formula is C29H29N5O2S. The molecule has 4 aromatic rings. The van der Waals surface area contributed by atoms with Gasteiger partial charge in [0.1, 0.15) is 6.61 Å². The molecule has 0 bridgehead atoms. The number of hydrogen-bond donors (Lipinski definition) is 2. The highest BCUT2D eigenvalue weighted by Crippen LogP contribution is 2.43. The lowest BCUT2D eigenvalue weighted by molar-refractivity contribution is -0.119. The molecule has 1 amide bonds. The molecule has 0 spiro atoms. The van der Waals surface area contributed by atoms with Gasteiger partial charge in [-0.05, 0) is 86.2 Å². The van der Waals surface area contributed by atoms with Crippen molar-refractivity contribution in [1.29, 1.82) is 0 Å². The number of aromatic nitrogens is 2. The topological polar surface area (TPSA) is 71.4 Å². The average molecular weight is 512 g/mol. The monoisotopic (exact) mass is 511 g/mol. The molecule has 0 saturated carbocycles. The van der Waals surface area contributed by atoms with Crippen LogP contribution >= 0.6 is 12.2 Å². The van der Waals surface area contributed by atoms with Gasteiger partial charge in [0, 0.05) is 41.8 Å². The Bertz CT molecular complexity index is 1400. The molecule has 0 radical (unpaired) electrons. The average Bonchev–Trinajstić information content (AvgIpc) is 3.40. The van der Waals surface area contributed by atoms with Gasteiger partial charge in [-0.3, -0.25) is 9.78 Å². The highest BCUT2D eigenvalue weighted by Gasteiger charge is 2.42. The van der Waals surface area contributed by atoms with Crippen LogP contribution in [-0.2, 0) is 9.53 Å². The van der Waals surface area contributed by atoms with Gasteiger partial charge in [-0.2, -0.15) is 0 Å². The van der Waals surface area contributed by atoms with Crippen LogP contribution in [0.15, 0.2) is 85.1 Å². The molecule has 2 aromatic heterocycles. The maximum absolute atomic E-state index is 11.9. The van der Waals surface area contributed by atoms with Gasteiger partial charge in [0.15, 0.2) is 5.11 Å². The molecular weight excluding hydrogens is 482 g/mol. The quantitative estimate of drug-likeness (QED) is 0.330. The van der Waals surface area contributed by atoms with E-state index in [0.717, 1.165) is 28.5 Å². The third-order valence-corrected chi connectivity index (χ3v) is 6.92. The second kappa shape index (κ2) is 10.5. The Hall–Kier alpha value is -4.01. The molecule has 188 valence electrons. The number of anilines is 2. The Morgan fingerprint density at radius 3 is 2.43 bits per heavy atom. The summed E-state index contributed by atoms with van der Waals surface area (Å²) in [6.07, 6.45) is 1.81. The molecule has 37 heavy (non-hydrogen) atoms. The Labute approximate surface area is 222 Å². The van der Waals surface area contributed by atoms with Crippen molar-refractivity contribution in [2.75, 3.05) is 23.9 Å². The highest BCUT2D eigenvalue weighted by atomic mass is 32.1. The fraction of sp³-hybridized carbons (Fsp3) is 0.207. The van der Waals surface area contributed by atoms with E-state index in [1.165, 1.54) is 12.7 Å². The van der Waals surface area contributed by atoms with Gasteiger partial charge in [-0.15, -0.1) is 0 Å². The van der Waals surface area contributed by atoms with E-state index >= 15 is 0 Å². The standard InChI is InChI=1S/C29H29N5O2S/c1-19-17-24(20(2)33(19)22-9-5-4-6-10-22)28-27(25-11-7-8-16-30-25)32-29(37)34(28)23-14-12-21(13-15-23)31-26(35)18-36-3/h4-17,27-28H,18H2,1-3H3,(H,31,35)(H,32,37)/t27-,28-/m1/s1. The van der Waals surface area contributed by atoms with E-state index in [1.807, 2.05) is 54.7 Å². The maximum atomic E-state index is 11.9. The van der Waals surface area contributed by atoms with Crippen LogP contribution in [0.3, 0.4) is 0 Å². The van der Waals surface area contributed by atoms with E-state index in [9.17, 15) is 4.79 Å². The molecule has 2 N–H and O–H groups in total. The van der Waals surface area contributed by atoms with Gasteiger partial charge in [-0.25, -0.2) is 0 Å². The van der Waals surface area contributed by atoms with Crippen molar-refractivity contribution in [2.45, 2.75) is 25.9 Å². The molecule has 8 heteroatoms. The van der Waals surface area contributed by atoms with Crippen LogP contribution < -0.4 is 15.5 Å². The van der Waals surface area contributed by atoms with Crippen LogP contribution in [-0.4, -0.2) is 34.3 Å². The fourth-order valence-electron chi connectivity index (χ4n) is 5.04. The number of pyridine rings is 1. The second-order valence-corrected chi connectivity index (χ2v) is 9.41. The van der Waals surface area contributed by atoms with E-state index in [2.05, 4.69) is 69.3 Å². The number of hydrogen-bond acceptors (Lipinski definition) is 4. The van der Waals surface area contributed by atoms with Crippen LogP contribution in [0.25, 0.3) is 5.69 Å². The van der Waals surface area contributed by atoms with Crippen molar-refractivity contribution >= 4 is 34.6 Å². The van der Waals surface area contributed by atoms with Crippen molar-refractivity contribution in [1.82, 2.24) is 14.9 Å². The predicted molar refractivity (Wildman–Crippen MR) is 150 cm³/mol. The van der Waals surface area contributed by atoms with Gasteiger partial charge in [0.05, 0.1) is 17.8 Å². The summed E-state index contributed by atoms with van der Waals surface area (Å²) < 4.78 is 7.19. The molecule has 0 unspecified atom stereocenters. The van der Waals surface area contributed by atoms with Crippen molar-refractivity contribution in [3.63, 3.8) is 0 Å². The van der Waals surface area contributed by atoms with E-state index in [4.69, 9.17) is 17.0 Å². The first-order chi connectivity index (χ1) is 18.0. The molecule has 1 aliphatic rings. The molecule has 2 atom stereocenters. The zero-order chi connectivity index (χ0) is 25.9. The summed E-state index contributed by atoms with van der Waals surface area (Å²) in [5.41, 5.74) is 7.13. The minimum atomic E-state index is -0.199. The molecule has 1 saturated heterocycles. The molecule has 2 aromatic carbocycles. The normalized spacial score (nSPS) is 17.1. The summed E-state index contributed by atoms with van der Waals surface area (Å²) in [5.74, 6) is -0.199. The third-order valence-electron chi connectivity index (χ3n) is 6.61. The number of carbonyl (C=O) groups is 1. The first kappa shape index (κ1) is 24.7. The Kier molecular flexibility index (Phi) is 7.03. The van der Waals surface area contributed by atoms with Gasteiger partial charge in [0.25, 0.3) is 0 Å². The van der Waals surface area contributed by atoms with Gasteiger partial charge in [-0.1, -0.05) is 24.3 Å². The zero-order valence-corrected chi connectivity index (χ0v) is 21.8. The molecule has 1 aliphatic heterocycles. The van der Waals surface area contributed by atoms with Crippen LogP contribution in [0.4, 0.5) is 11.4 Å². The van der Waals surface area contributed by atoms with Crippen LogP contribution in [0, 0.1) is 13.8 Å². The number of benzene rings is 2. The number of thiocarbonyl (C=S) groups is 1. The van der Waals surface area contributed by atoms with Crippen LogP contribution in [0.5, 0.6) is 0 Å². The summed E-state index contributed by atoms with van der Waals surface area (Å²) in [7, 11) is 1.50. The van der Waals surface area contributed by atoms with E-state index in [0.29, 0.717) is 10.8 Å². The summed E-state index contributed by atoms with van der Waals surface area (Å²) >= 11 is 5.88. The molecule has 7 nitrogen and oxygen atoms in total. The SMILES string of the molecule is COCC(=O)Nc1ccc(N2C(=S)N[C@H](c3ccccn3)[C@H]2c2cc(C)n(-c3ccccc3)c2C)cc1. The van der Waals surface area contributed by atoms with E-state index in [-0.39, 0.29) is 24.6 Å². The number of carbonyl (C=O) groups excluding carboxylic acids is 1. The number of methoxy groups -OCH3 is 1. The van der Waals surface area contributed by atoms with Crippen LogP contribution in [0.1, 0.15) is 34.7 Å². The summed E-state index contributed by atoms with van der Waals surface area (Å²) in [5, 5.41) is 7.00. The minimum absolute atomic E-state index is 0.00669. The minimum Gasteiger partial charge on any atom is -0.375 e. The lowest BCUT2D eigenvalue weighted by Crippen LogP contribution is -2.29. The lowest BCUT2D eigenvalue weighted by atomic mass is 9.96. The smallest absolute Gasteiger partial charge is 0.250 e. The molecule has 5 rings (SSSR count). The van der Waals surface area contributed by atoms with Gasteiger partial charge < -0.3 is 24.8 Å². The number of nitrogens with one attached hydrogen (secondary N) is 2. The maximum Gasteiger partial charge on any atom is 0.250 e. The first-order valence-electron chi connectivity index (χ1n) is 12.1. The fourth-order valence-corrected chi connectivity index (χ4v) is 5.39. The zero-order valence-electron chi connectivity index (χ0n) is 21.0. The van der Waals surface area contributed by atoms with Crippen molar-refractivity contribution in [3.05, 3.63) is 108 Å². The van der Waals surface area contributed by atoms with Crippen molar-refractivity contribution in [2.24, 2.45) is 0 Å². The largest absolute Gasteiger partial charge is 0.375 e. The van der Waals surface area contributed by atoms with E-state index in [1.54, 1.807) is 0 Å². The van der Waals surface area contributed by atoms with Gasteiger partial charge in [0.2, 0.25) is 5.91 Å². The number of nitrogens with zero attached hydrogens (tertiary/aromatic N) is 3. The highest BCUT2D eigenvalue weighted by molar-refractivity contribution is 7.80.